The number of ether oxygens (including phenoxy) is 1. The highest BCUT2D eigenvalue weighted by Gasteiger charge is 2.07. The number of nitrogens with zero attached hydrogens (tertiary/aromatic N) is 1. The molecular weight excluding hydrogens is 194 g/mol. The van der Waals surface area contributed by atoms with Crippen molar-refractivity contribution in [3.8, 4) is 0 Å². The lowest BCUT2D eigenvalue weighted by atomic mass is 10.5. The van der Waals surface area contributed by atoms with Gasteiger partial charge in [0, 0.05) is 12.6 Å². The molecule has 0 aromatic heterocycles. The number of hydrogen-bond acceptors (Lipinski definition) is 3. The minimum atomic E-state index is -0.544. The molecule has 74 valence electrons. The van der Waals surface area contributed by atoms with Crippen LogP contribution in [0.2, 0.25) is 0 Å². The first kappa shape index (κ1) is 12.0. The molecule has 0 bridgehead atoms. The second-order valence-corrected chi connectivity index (χ2v) is 2.53. The van der Waals surface area contributed by atoms with E-state index in [4.69, 9.17) is 11.6 Å². The lowest BCUT2D eigenvalue weighted by Crippen LogP contribution is -2.30. The Bertz CT molecular complexity index is 206. The van der Waals surface area contributed by atoms with Gasteiger partial charge in [0.15, 0.2) is 0 Å². The van der Waals surface area contributed by atoms with Gasteiger partial charge in [-0.2, -0.15) is 0 Å². The predicted octanol–water partition coefficient (Wildman–Crippen LogP) is 1.40. The summed E-state index contributed by atoms with van der Waals surface area (Å²) in [5.41, 5.74) is 0. The third-order valence-electron chi connectivity index (χ3n) is 1.40. The molecule has 0 atom stereocenters. The van der Waals surface area contributed by atoms with Crippen LogP contribution in [0, 0.1) is 0 Å². The third kappa shape index (κ3) is 5.25. The van der Waals surface area contributed by atoms with E-state index in [9.17, 15) is 9.59 Å². The molecule has 0 aliphatic rings. The molecule has 4 nitrogen and oxygen atoms in total. The van der Waals surface area contributed by atoms with Gasteiger partial charge in [-0.25, -0.2) is 4.79 Å². The Labute approximate surface area is 82.1 Å². The normalized spacial score (nSPS) is 9.08. The lowest BCUT2D eigenvalue weighted by molar-refractivity contribution is -0.137. The molecule has 0 radical (unpaired) electrons. The summed E-state index contributed by atoms with van der Waals surface area (Å²) < 4.78 is 4.66. The molecule has 0 saturated carbocycles. The smallest absolute Gasteiger partial charge is 0.330 e. The molecule has 0 aromatic rings. The summed E-state index contributed by atoms with van der Waals surface area (Å²) in [6.07, 6.45) is 1.07. The molecule has 0 unspecified atom stereocenters. The number of carbonyl (C=O) groups is 2. The molecule has 0 aliphatic carbocycles. The molecule has 0 saturated heterocycles. The zero-order valence-electron chi connectivity index (χ0n) is 7.46. The Morgan fingerprint density at radius 3 is 2.62 bits per heavy atom. The van der Waals surface area contributed by atoms with Gasteiger partial charge < -0.3 is 9.64 Å². The van der Waals surface area contributed by atoms with Gasteiger partial charge in [-0.05, 0) is 18.5 Å². The Hall–Kier alpha value is -1.03. The van der Waals surface area contributed by atoms with E-state index in [0.717, 1.165) is 6.08 Å². The highest BCUT2D eigenvalue weighted by atomic mass is 35.5. The van der Waals surface area contributed by atoms with E-state index in [-0.39, 0.29) is 6.61 Å². The van der Waals surface area contributed by atoms with E-state index in [0.29, 0.717) is 13.1 Å². The van der Waals surface area contributed by atoms with Gasteiger partial charge in [0.05, 0.1) is 6.54 Å². The van der Waals surface area contributed by atoms with Crippen LogP contribution in [0.15, 0.2) is 12.7 Å². The van der Waals surface area contributed by atoms with Gasteiger partial charge in [-0.1, -0.05) is 6.58 Å². The number of halogens is 1. The number of rotatable bonds is 5. The van der Waals surface area contributed by atoms with Crippen molar-refractivity contribution < 1.29 is 14.3 Å². The zero-order chi connectivity index (χ0) is 10.3. The van der Waals surface area contributed by atoms with Gasteiger partial charge in [0.1, 0.15) is 6.61 Å². The van der Waals surface area contributed by atoms with Crippen LogP contribution in [-0.2, 0) is 9.53 Å². The van der Waals surface area contributed by atoms with Crippen molar-refractivity contribution in [1.29, 1.82) is 0 Å². The summed E-state index contributed by atoms with van der Waals surface area (Å²) in [4.78, 5) is 22.6. The first-order valence-corrected chi connectivity index (χ1v) is 4.23. The third-order valence-corrected chi connectivity index (χ3v) is 1.64. The molecule has 1 amide bonds. The summed E-state index contributed by atoms with van der Waals surface area (Å²) in [5.74, 6) is -0.502. The second kappa shape index (κ2) is 6.48. The maximum Gasteiger partial charge on any atom is 0.330 e. The van der Waals surface area contributed by atoms with E-state index in [1.807, 2.05) is 0 Å². The van der Waals surface area contributed by atoms with Crippen molar-refractivity contribution in [1.82, 2.24) is 4.90 Å². The topological polar surface area (TPSA) is 46.6 Å². The van der Waals surface area contributed by atoms with E-state index in [1.165, 1.54) is 4.90 Å². The summed E-state index contributed by atoms with van der Waals surface area (Å²) in [6, 6.07) is 0. The van der Waals surface area contributed by atoms with Gasteiger partial charge in [-0.3, -0.25) is 4.79 Å². The van der Waals surface area contributed by atoms with E-state index in [2.05, 4.69) is 11.3 Å². The van der Waals surface area contributed by atoms with Crippen LogP contribution in [0.4, 0.5) is 4.79 Å². The van der Waals surface area contributed by atoms with Crippen molar-refractivity contribution in [3.05, 3.63) is 12.7 Å². The van der Waals surface area contributed by atoms with Crippen LogP contribution in [0.3, 0.4) is 0 Å². The van der Waals surface area contributed by atoms with Gasteiger partial charge >= 0.3 is 11.3 Å². The average molecular weight is 206 g/mol. The summed E-state index contributed by atoms with van der Waals surface area (Å²) >= 11 is 5.22. The monoisotopic (exact) mass is 205 g/mol. The molecule has 0 aliphatic heterocycles. The van der Waals surface area contributed by atoms with Crippen LogP contribution >= 0.6 is 11.6 Å². The maximum atomic E-state index is 10.7. The van der Waals surface area contributed by atoms with Crippen molar-refractivity contribution in [2.24, 2.45) is 0 Å². The Morgan fingerprint density at radius 1 is 1.62 bits per heavy atom. The van der Waals surface area contributed by atoms with Crippen molar-refractivity contribution >= 4 is 22.9 Å². The molecule has 0 spiro atoms. The van der Waals surface area contributed by atoms with Crippen LogP contribution in [0.25, 0.3) is 0 Å². The van der Waals surface area contributed by atoms with Gasteiger partial charge in [-0.15, -0.1) is 0 Å². The number of carbonyl (C=O) groups excluding carboxylic acids is 2. The van der Waals surface area contributed by atoms with Crippen LogP contribution in [-0.4, -0.2) is 35.9 Å². The first-order chi connectivity index (χ1) is 6.11. The molecule has 5 heteroatoms. The van der Waals surface area contributed by atoms with Gasteiger partial charge in [0.25, 0.3) is 0 Å². The van der Waals surface area contributed by atoms with Crippen molar-refractivity contribution in [2.45, 2.75) is 6.92 Å². The number of esters is 1. The molecule has 0 fully saturated rings. The van der Waals surface area contributed by atoms with Crippen molar-refractivity contribution in [2.75, 3.05) is 19.7 Å². The SMILES string of the molecule is C=CC(=O)OCCN(CC)C(=O)Cl. The Morgan fingerprint density at radius 2 is 2.23 bits per heavy atom. The Kier molecular flexibility index (Phi) is 5.97. The van der Waals surface area contributed by atoms with Crippen LogP contribution in [0.1, 0.15) is 6.92 Å². The highest BCUT2D eigenvalue weighted by Crippen LogP contribution is 1.95. The fourth-order valence-corrected chi connectivity index (χ4v) is 0.890. The second-order valence-electron chi connectivity index (χ2n) is 2.20. The fourth-order valence-electron chi connectivity index (χ4n) is 0.686. The number of hydrogen-bond donors (Lipinski definition) is 0. The number of amides is 1. The minimum Gasteiger partial charge on any atom is -0.461 e. The van der Waals surface area contributed by atoms with E-state index >= 15 is 0 Å². The quantitative estimate of drug-likeness (QED) is 0.295. The molecule has 0 aromatic carbocycles. The minimum absolute atomic E-state index is 0.136. The van der Waals surface area contributed by atoms with E-state index in [1.54, 1.807) is 6.92 Å². The summed E-state index contributed by atoms with van der Waals surface area (Å²) in [5, 5.41) is -0.544. The zero-order valence-corrected chi connectivity index (χ0v) is 8.21. The average Bonchev–Trinajstić information content (AvgIpc) is 2.11. The molecule has 0 N–H and O–H groups in total. The molecular formula is C8H12ClNO3. The number of likely N-dealkylation sites (N-methyl/N-ethyl adjacent to an activating group) is 1. The summed E-state index contributed by atoms with van der Waals surface area (Å²) in [7, 11) is 0. The summed E-state index contributed by atoms with van der Waals surface area (Å²) in [6.45, 7) is 5.95. The molecule has 0 rings (SSSR count). The van der Waals surface area contributed by atoms with Crippen molar-refractivity contribution in [3.63, 3.8) is 0 Å². The van der Waals surface area contributed by atoms with Crippen LogP contribution in [0.5, 0.6) is 0 Å². The first-order valence-electron chi connectivity index (χ1n) is 3.85. The highest BCUT2D eigenvalue weighted by molar-refractivity contribution is 6.62. The maximum absolute atomic E-state index is 10.7. The molecule has 13 heavy (non-hydrogen) atoms. The predicted molar refractivity (Wildman–Crippen MR) is 49.7 cm³/mol. The van der Waals surface area contributed by atoms with Crippen LogP contribution < -0.4 is 0 Å². The van der Waals surface area contributed by atoms with E-state index < -0.39 is 11.3 Å². The lowest BCUT2D eigenvalue weighted by Gasteiger charge is -2.16. The standard InChI is InChI=1S/C8H12ClNO3/c1-3-7(11)13-6-5-10(4-2)8(9)12/h3H,1,4-6H2,2H3. The fraction of sp³-hybridized carbons (Fsp3) is 0.500. The van der Waals surface area contributed by atoms with Gasteiger partial charge in [0.2, 0.25) is 0 Å². The Balaban J connectivity index is 3.67. The largest absolute Gasteiger partial charge is 0.461 e. The molecule has 0 heterocycles.